The lowest BCUT2D eigenvalue weighted by Gasteiger charge is -2.35. The number of hydrogen-bond acceptors (Lipinski definition) is 2. The first-order chi connectivity index (χ1) is 11.6. The average Bonchev–Trinajstić information content (AvgIpc) is 2.59. The van der Waals surface area contributed by atoms with Crippen LogP contribution in [0.25, 0.3) is 0 Å². The molecule has 3 heteroatoms. The molecule has 1 saturated heterocycles. The van der Waals surface area contributed by atoms with Gasteiger partial charge in [0.05, 0.1) is 12.2 Å². The monoisotopic (exact) mass is 323 g/mol. The maximum atomic E-state index is 13.0. The first kappa shape index (κ1) is 16.7. The van der Waals surface area contributed by atoms with E-state index in [1.807, 2.05) is 43.0 Å². The van der Waals surface area contributed by atoms with Crippen LogP contribution in [-0.4, -0.2) is 36.1 Å². The SMILES string of the molecule is C[C@@H]1CN(C(=O)c2ccccc2CCc2ccccc2)C[C@H](C)O1. The fourth-order valence-corrected chi connectivity index (χ4v) is 3.38. The molecule has 0 saturated carbocycles. The second-order valence-corrected chi connectivity index (χ2v) is 6.61. The lowest BCUT2D eigenvalue weighted by Crippen LogP contribution is -2.48. The maximum absolute atomic E-state index is 13.0. The quantitative estimate of drug-likeness (QED) is 0.858. The molecule has 1 aliphatic rings. The second-order valence-electron chi connectivity index (χ2n) is 6.61. The lowest BCUT2D eigenvalue weighted by atomic mass is 9.98. The minimum absolute atomic E-state index is 0.0918. The van der Waals surface area contributed by atoms with Gasteiger partial charge in [0.1, 0.15) is 0 Å². The number of carbonyl (C=O) groups excluding carboxylic acids is 1. The van der Waals surface area contributed by atoms with Crippen LogP contribution >= 0.6 is 0 Å². The van der Waals surface area contributed by atoms with Gasteiger partial charge in [-0.3, -0.25) is 4.79 Å². The zero-order valence-corrected chi connectivity index (χ0v) is 14.4. The summed E-state index contributed by atoms with van der Waals surface area (Å²) in [5.74, 6) is 0.126. The molecule has 3 nitrogen and oxygen atoms in total. The van der Waals surface area contributed by atoms with Crippen LogP contribution in [-0.2, 0) is 17.6 Å². The summed E-state index contributed by atoms with van der Waals surface area (Å²) in [6, 6.07) is 18.4. The van der Waals surface area contributed by atoms with Crippen LogP contribution in [0.5, 0.6) is 0 Å². The van der Waals surface area contributed by atoms with E-state index in [4.69, 9.17) is 4.74 Å². The number of carbonyl (C=O) groups is 1. The molecule has 1 heterocycles. The third-order valence-electron chi connectivity index (χ3n) is 4.48. The summed E-state index contributed by atoms with van der Waals surface area (Å²) in [4.78, 5) is 14.9. The topological polar surface area (TPSA) is 29.5 Å². The summed E-state index contributed by atoms with van der Waals surface area (Å²) in [6.07, 6.45) is 2.01. The van der Waals surface area contributed by atoms with Crippen molar-refractivity contribution in [2.24, 2.45) is 0 Å². The molecule has 2 aromatic rings. The highest BCUT2D eigenvalue weighted by molar-refractivity contribution is 5.95. The smallest absolute Gasteiger partial charge is 0.254 e. The predicted molar refractivity (Wildman–Crippen MR) is 96.2 cm³/mol. The van der Waals surface area contributed by atoms with E-state index in [-0.39, 0.29) is 18.1 Å². The first-order valence-electron chi connectivity index (χ1n) is 8.70. The van der Waals surface area contributed by atoms with E-state index >= 15 is 0 Å². The first-order valence-corrected chi connectivity index (χ1v) is 8.70. The minimum Gasteiger partial charge on any atom is -0.372 e. The van der Waals surface area contributed by atoms with E-state index in [1.54, 1.807) is 0 Å². The van der Waals surface area contributed by atoms with E-state index in [0.717, 1.165) is 24.0 Å². The van der Waals surface area contributed by atoms with Gasteiger partial charge in [0.25, 0.3) is 5.91 Å². The highest BCUT2D eigenvalue weighted by Gasteiger charge is 2.27. The number of amides is 1. The fourth-order valence-electron chi connectivity index (χ4n) is 3.38. The van der Waals surface area contributed by atoms with Gasteiger partial charge in [0.2, 0.25) is 0 Å². The Hall–Kier alpha value is -2.13. The van der Waals surface area contributed by atoms with Crippen molar-refractivity contribution in [3.8, 4) is 0 Å². The largest absolute Gasteiger partial charge is 0.372 e. The third-order valence-corrected chi connectivity index (χ3v) is 4.48. The maximum Gasteiger partial charge on any atom is 0.254 e. The molecule has 1 fully saturated rings. The van der Waals surface area contributed by atoms with Gasteiger partial charge < -0.3 is 9.64 Å². The Morgan fingerprint density at radius 3 is 2.29 bits per heavy atom. The molecule has 0 radical (unpaired) electrons. The van der Waals surface area contributed by atoms with Crippen LogP contribution in [0.3, 0.4) is 0 Å². The van der Waals surface area contributed by atoms with Gasteiger partial charge in [0.15, 0.2) is 0 Å². The Bertz CT molecular complexity index is 673. The van der Waals surface area contributed by atoms with Crippen LogP contribution < -0.4 is 0 Å². The molecular formula is C21H25NO2. The summed E-state index contributed by atoms with van der Waals surface area (Å²) < 4.78 is 5.74. The Labute approximate surface area is 144 Å². The Morgan fingerprint density at radius 2 is 1.58 bits per heavy atom. The molecule has 0 spiro atoms. The van der Waals surface area contributed by atoms with Crippen molar-refractivity contribution in [3.63, 3.8) is 0 Å². The predicted octanol–water partition coefficient (Wildman–Crippen LogP) is 3.72. The third kappa shape index (κ3) is 4.04. The van der Waals surface area contributed by atoms with Crippen molar-refractivity contribution >= 4 is 5.91 Å². The lowest BCUT2D eigenvalue weighted by molar-refractivity contribution is -0.0586. The van der Waals surface area contributed by atoms with E-state index < -0.39 is 0 Å². The molecule has 0 aromatic heterocycles. The number of nitrogens with zero attached hydrogens (tertiary/aromatic N) is 1. The molecule has 24 heavy (non-hydrogen) atoms. The summed E-state index contributed by atoms with van der Waals surface area (Å²) in [6.45, 7) is 5.38. The van der Waals surface area contributed by atoms with E-state index in [2.05, 4.69) is 30.3 Å². The van der Waals surface area contributed by atoms with Gasteiger partial charge in [-0.15, -0.1) is 0 Å². The van der Waals surface area contributed by atoms with Crippen LogP contribution in [0, 0.1) is 0 Å². The average molecular weight is 323 g/mol. The normalized spacial score (nSPS) is 20.8. The summed E-state index contributed by atoms with van der Waals surface area (Å²) in [5, 5.41) is 0. The van der Waals surface area contributed by atoms with Crippen molar-refractivity contribution < 1.29 is 9.53 Å². The highest BCUT2D eigenvalue weighted by atomic mass is 16.5. The number of morpholine rings is 1. The van der Waals surface area contributed by atoms with Crippen molar-refractivity contribution in [1.82, 2.24) is 4.90 Å². The number of aryl methyl sites for hydroxylation is 2. The van der Waals surface area contributed by atoms with Gasteiger partial charge in [0, 0.05) is 18.7 Å². The zero-order chi connectivity index (χ0) is 16.9. The standard InChI is InChI=1S/C21H25NO2/c1-16-14-22(15-17(2)24-16)21(23)20-11-7-6-10-19(20)13-12-18-8-4-3-5-9-18/h3-11,16-17H,12-15H2,1-2H3/t16-,17+. The van der Waals surface area contributed by atoms with Gasteiger partial charge in [-0.1, -0.05) is 48.5 Å². The van der Waals surface area contributed by atoms with Crippen molar-refractivity contribution in [2.75, 3.05) is 13.1 Å². The molecule has 0 unspecified atom stereocenters. The van der Waals surface area contributed by atoms with Crippen LogP contribution in [0.4, 0.5) is 0 Å². The zero-order valence-electron chi connectivity index (χ0n) is 14.4. The van der Waals surface area contributed by atoms with Gasteiger partial charge in [-0.2, -0.15) is 0 Å². The Kier molecular flexibility index (Phi) is 5.31. The van der Waals surface area contributed by atoms with E-state index in [1.165, 1.54) is 5.56 Å². The number of rotatable bonds is 4. The molecule has 1 amide bonds. The van der Waals surface area contributed by atoms with Crippen LogP contribution in [0.15, 0.2) is 54.6 Å². The molecule has 3 rings (SSSR count). The molecule has 126 valence electrons. The van der Waals surface area contributed by atoms with Crippen LogP contribution in [0.2, 0.25) is 0 Å². The molecule has 1 aliphatic heterocycles. The molecule has 0 bridgehead atoms. The Balaban J connectivity index is 1.74. The molecular weight excluding hydrogens is 298 g/mol. The number of hydrogen-bond donors (Lipinski definition) is 0. The van der Waals surface area contributed by atoms with Gasteiger partial charge >= 0.3 is 0 Å². The number of ether oxygens (including phenoxy) is 1. The minimum atomic E-state index is 0.0918. The van der Waals surface area contributed by atoms with E-state index in [0.29, 0.717) is 13.1 Å². The number of benzene rings is 2. The molecule has 2 atom stereocenters. The van der Waals surface area contributed by atoms with Crippen LogP contribution in [0.1, 0.15) is 35.3 Å². The fraction of sp³-hybridized carbons (Fsp3) is 0.381. The van der Waals surface area contributed by atoms with Crippen molar-refractivity contribution in [1.29, 1.82) is 0 Å². The van der Waals surface area contributed by atoms with Crippen molar-refractivity contribution in [3.05, 3.63) is 71.3 Å². The van der Waals surface area contributed by atoms with Gasteiger partial charge in [-0.25, -0.2) is 0 Å². The molecule has 0 aliphatic carbocycles. The molecule has 0 N–H and O–H groups in total. The highest BCUT2D eigenvalue weighted by Crippen LogP contribution is 2.18. The second kappa shape index (κ2) is 7.63. The van der Waals surface area contributed by atoms with E-state index in [9.17, 15) is 4.79 Å². The van der Waals surface area contributed by atoms with Gasteiger partial charge in [-0.05, 0) is 43.9 Å². The molecule has 2 aromatic carbocycles. The van der Waals surface area contributed by atoms with Crippen molar-refractivity contribution in [2.45, 2.75) is 38.9 Å². The summed E-state index contributed by atoms with van der Waals surface area (Å²) >= 11 is 0. The summed E-state index contributed by atoms with van der Waals surface area (Å²) in [7, 11) is 0. The summed E-state index contributed by atoms with van der Waals surface area (Å²) in [5.41, 5.74) is 3.25. The Morgan fingerprint density at radius 1 is 0.958 bits per heavy atom.